The molecule has 164 valence electrons. The van der Waals surface area contributed by atoms with Gasteiger partial charge in [-0.05, 0) is 103 Å². The first kappa shape index (κ1) is 21.7. The summed E-state index contributed by atoms with van der Waals surface area (Å²) in [6.45, 7) is 14.7. The van der Waals surface area contributed by atoms with Gasteiger partial charge < -0.3 is 5.11 Å². The van der Waals surface area contributed by atoms with Crippen molar-refractivity contribution >= 4 is 0 Å². The fraction of sp³-hybridized carbons (Fsp3) is 0.857. The van der Waals surface area contributed by atoms with Crippen LogP contribution in [0.4, 0.5) is 0 Å². The molecular weight excluding hydrogens is 352 g/mol. The van der Waals surface area contributed by atoms with Crippen LogP contribution < -0.4 is 0 Å². The normalized spacial score (nSPS) is 49.0. The molecule has 4 rings (SSSR count). The van der Waals surface area contributed by atoms with E-state index in [4.69, 9.17) is 0 Å². The van der Waals surface area contributed by atoms with Crippen LogP contribution in [0.25, 0.3) is 0 Å². The van der Waals surface area contributed by atoms with Crippen molar-refractivity contribution in [2.45, 2.75) is 92.6 Å². The molecule has 10 atom stereocenters. The van der Waals surface area contributed by atoms with Crippen molar-refractivity contribution in [2.75, 3.05) is 0 Å². The Labute approximate surface area is 180 Å². The summed E-state index contributed by atoms with van der Waals surface area (Å²) in [5.74, 6) is 6.04. The molecule has 1 N–H and O–H groups in total. The van der Waals surface area contributed by atoms with Gasteiger partial charge in [-0.3, -0.25) is 0 Å². The van der Waals surface area contributed by atoms with Crippen LogP contribution in [-0.4, -0.2) is 11.2 Å². The molecule has 1 nitrogen and oxygen atoms in total. The summed E-state index contributed by atoms with van der Waals surface area (Å²) in [6, 6.07) is 0. The number of hydrogen-bond acceptors (Lipinski definition) is 1. The van der Waals surface area contributed by atoms with Crippen LogP contribution in [-0.2, 0) is 0 Å². The molecule has 0 bridgehead atoms. The van der Waals surface area contributed by atoms with Gasteiger partial charge in [-0.15, -0.1) is 0 Å². The van der Waals surface area contributed by atoms with E-state index in [2.05, 4.69) is 65.8 Å². The van der Waals surface area contributed by atoms with Gasteiger partial charge in [-0.2, -0.15) is 0 Å². The molecule has 0 spiro atoms. The van der Waals surface area contributed by atoms with Crippen LogP contribution in [0.3, 0.4) is 0 Å². The smallest absolute Gasteiger partial charge is 0.0546 e. The maximum atomic E-state index is 10.2. The number of allylic oxidation sites excluding steroid dienone is 4. The summed E-state index contributed by atoms with van der Waals surface area (Å²) in [7, 11) is 0. The molecule has 29 heavy (non-hydrogen) atoms. The molecule has 0 saturated heterocycles. The van der Waals surface area contributed by atoms with Crippen molar-refractivity contribution < 1.29 is 5.11 Å². The number of hydrogen-bond donors (Lipinski definition) is 1. The zero-order chi connectivity index (χ0) is 21.0. The Morgan fingerprint density at radius 3 is 2.28 bits per heavy atom. The van der Waals surface area contributed by atoms with E-state index in [-0.39, 0.29) is 6.10 Å². The minimum Gasteiger partial charge on any atom is -0.393 e. The van der Waals surface area contributed by atoms with Crippen LogP contribution in [0.1, 0.15) is 86.5 Å². The standard InChI is InChI=1S/C28H46O/c1-18(2)19(3)7-8-20(4)24-11-12-25-23-10-9-21-17-22(29)13-15-27(21,5)26(23)14-16-28(24,25)6/h7-10,18-26,29H,11-17H2,1-6H3/b8-7+/t19?,20?,21?,22-,23?,24+,25?,26?,27-,28+/m0/s1. The third-order valence-corrected chi connectivity index (χ3v) is 10.6. The SMILES string of the molecule is CC(C)C(C)/C=C/C(C)[C@H]1CCC2C3C=CC4C[C@@H](O)CC[C@]4(C)C3CC[C@@]21C. The van der Waals surface area contributed by atoms with Gasteiger partial charge in [0, 0.05) is 0 Å². The Hall–Kier alpha value is -0.560. The van der Waals surface area contributed by atoms with Crippen molar-refractivity contribution in [1.82, 2.24) is 0 Å². The van der Waals surface area contributed by atoms with E-state index < -0.39 is 0 Å². The lowest BCUT2D eigenvalue weighted by atomic mass is 9.46. The largest absolute Gasteiger partial charge is 0.393 e. The predicted octanol–water partition coefficient (Wildman–Crippen LogP) is 7.27. The van der Waals surface area contributed by atoms with Crippen LogP contribution in [0, 0.1) is 58.2 Å². The highest BCUT2D eigenvalue weighted by Gasteiger charge is 2.59. The third kappa shape index (κ3) is 3.58. The van der Waals surface area contributed by atoms with E-state index in [0.717, 1.165) is 42.4 Å². The van der Waals surface area contributed by atoms with Gasteiger partial charge in [0.25, 0.3) is 0 Å². The Balaban J connectivity index is 1.53. The van der Waals surface area contributed by atoms with E-state index in [9.17, 15) is 5.11 Å². The van der Waals surface area contributed by atoms with Crippen LogP contribution in [0.5, 0.6) is 0 Å². The van der Waals surface area contributed by atoms with Crippen LogP contribution >= 0.6 is 0 Å². The molecule has 0 aromatic rings. The van der Waals surface area contributed by atoms with E-state index in [0.29, 0.717) is 28.6 Å². The second kappa shape index (κ2) is 7.85. The summed E-state index contributed by atoms with van der Waals surface area (Å²) in [5.41, 5.74) is 0.935. The molecule has 3 fully saturated rings. The summed E-state index contributed by atoms with van der Waals surface area (Å²) in [4.78, 5) is 0. The number of fused-ring (bicyclic) bond motifs is 5. The van der Waals surface area contributed by atoms with Crippen molar-refractivity contribution in [2.24, 2.45) is 58.2 Å². The molecule has 0 aromatic heterocycles. The van der Waals surface area contributed by atoms with E-state index in [1.807, 2.05) is 0 Å². The van der Waals surface area contributed by atoms with Gasteiger partial charge in [0.15, 0.2) is 0 Å². The van der Waals surface area contributed by atoms with Gasteiger partial charge >= 0.3 is 0 Å². The molecule has 4 aliphatic carbocycles. The van der Waals surface area contributed by atoms with Gasteiger partial charge in [0.1, 0.15) is 0 Å². The minimum atomic E-state index is -0.0696. The second-order valence-corrected chi connectivity index (χ2v) is 12.3. The number of aliphatic hydroxyl groups excluding tert-OH is 1. The van der Waals surface area contributed by atoms with Crippen molar-refractivity contribution in [1.29, 1.82) is 0 Å². The summed E-state index contributed by atoms with van der Waals surface area (Å²) >= 11 is 0. The van der Waals surface area contributed by atoms with E-state index in [1.54, 1.807) is 0 Å². The molecule has 4 aliphatic rings. The van der Waals surface area contributed by atoms with Gasteiger partial charge in [0.05, 0.1) is 6.10 Å². The van der Waals surface area contributed by atoms with Gasteiger partial charge in [0.2, 0.25) is 0 Å². The molecule has 0 heterocycles. The lowest BCUT2D eigenvalue weighted by Crippen LogP contribution is -2.52. The highest BCUT2D eigenvalue weighted by atomic mass is 16.3. The highest BCUT2D eigenvalue weighted by molar-refractivity contribution is 5.18. The molecule has 0 aromatic carbocycles. The fourth-order valence-corrected chi connectivity index (χ4v) is 8.21. The summed E-state index contributed by atoms with van der Waals surface area (Å²) in [6.07, 6.45) is 19.1. The maximum absolute atomic E-state index is 10.2. The first-order valence-corrected chi connectivity index (χ1v) is 12.7. The summed E-state index contributed by atoms with van der Waals surface area (Å²) in [5, 5.41) is 10.2. The zero-order valence-electron chi connectivity index (χ0n) is 19.9. The second-order valence-electron chi connectivity index (χ2n) is 12.3. The van der Waals surface area contributed by atoms with Crippen LogP contribution in [0.15, 0.2) is 24.3 Å². The molecule has 6 unspecified atom stereocenters. The lowest BCUT2D eigenvalue weighted by Gasteiger charge is -2.59. The van der Waals surface area contributed by atoms with Crippen LogP contribution in [0.2, 0.25) is 0 Å². The van der Waals surface area contributed by atoms with Crippen molar-refractivity contribution in [3.63, 3.8) is 0 Å². The average Bonchev–Trinajstić information content (AvgIpc) is 3.03. The Morgan fingerprint density at radius 1 is 0.862 bits per heavy atom. The molecule has 0 amide bonds. The molecule has 1 heteroatoms. The van der Waals surface area contributed by atoms with Gasteiger partial charge in [-0.25, -0.2) is 0 Å². The third-order valence-electron chi connectivity index (χ3n) is 10.6. The summed E-state index contributed by atoms with van der Waals surface area (Å²) < 4.78 is 0. The predicted molar refractivity (Wildman–Crippen MR) is 123 cm³/mol. The molecule has 0 aliphatic heterocycles. The fourth-order valence-electron chi connectivity index (χ4n) is 8.21. The van der Waals surface area contributed by atoms with E-state index in [1.165, 1.54) is 32.1 Å². The Morgan fingerprint density at radius 2 is 1.55 bits per heavy atom. The number of aliphatic hydroxyl groups is 1. The number of rotatable bonds is 4. The quantitative estimate of drug-likeness (QED) is 0.494. The zero-order valence-corrected chi connectivity index (χ0v) is 19.9. The van der Waals surface area contributed by atoms with Gasteiger partial charge in [-0.1, -0.05) is 65.8 Å². The Bertz CT molecular complexity index is 647. The Kier molecular flexibility index (Phi) is 5.86. The molecule has 0 radical (unpaired) electrons. The minimum absolute atomic E-state index is 0.0696. The topological polar surface area (TPSA) is 20.2 Å². The monoisotopic (exact) mass is 398 g/mol. The molecule has 3 saturated carbocycles. The van der Waals surface area contributed by atoms with E-state index >= 15 is 0 Å². The molecular formula is C28H46O. The maximum Gasteiger partial charge on any atom is 0.0546 e. The van der Waals surface area contributed by atoms with Crippen molar-refractivity contribution in [3.8, 4) is 0 Å². The lowest BCUT2D eigenvalue weighted by molar-refractivity contribution is -0.0795. The highest BCUT2D eigenvalue weighted by Crippen LogP contribution is 2.66. The first-order chi connectivity index (χ1) is 13.7. The average molecular weight is 399 g/mol. The first-order valence-electron chi connectivity index (χ1n) is 12.7. The van der Waals surface area contributed by atoms with Crippen molar-refractivity contribution in [3.05, 3.63) is 24.3 Å².